The molecule has 4 rings (SSSR count). The number of hydrogen-bond acceptors (Lipinski definition) is 4. The first-order chi connectivity index (χ1) is 13.5. The number of oxazole rings is 1. The van der Waals surface area contributed by atoms with Gasteiger partial charge in [-0.15, -0.1) is 0 Å². The molecule has 0 atom stereocenters. The highest BCUT2D eigenvalue weighted by atomic mass is 79.9. The fraction of sp³-hybridized carbons (Fsp3) is 0.136. The summed E-state index contributed by atoms with van der Waals surface area (Å²) in [6.07, 6.45) is 3.77. The van der Waals surface area contributed by atoms with Gasteiger partial charge in [-0.05, 0) is 70.7 Å². The zero-order valence-electron chi connectivity index (χ0n) is 15.5. The van der Waals surface area contributed by atoms with E-state index in [9.17, 15) is 4.79 Å². The van der Waals surface area contributed by atoms with Crippen molar-refractivity contribution in [2.45, 2.75) is 20.3 Å². The number of amides is 1. The van der Waals surface area contributed by atoms with Crippen LogP contribution in [-0.4, -0.2) is 15.9 Å². The van der Waals surface area contributed by atoms with Crippen LogP contribution in [0, 0.1) is 13.8 Å². The van der Waals surface area contributed by atoms with Crippen LogP contribution >= 0.6 is 15.9 Å². The minimum Gasteiger partial charge on any atom is -0.440 e. The minimum absolute atomic E-state index is 0.202. The van der Waals surface area contributed by atoms with Crippen LogP contribution in [0.15, 0.2) is 63.7 Å². The molecule has 6 heteroatoms. The fourth-order valence-corrected chi connectivity index (χ4v) is 3.48. The lowest BCUT2D eigenvalue weighted by molar-refractivity contribution is 0.102. The maximum Gasteiger partial charge on any atom is 0.257 e. The van der Waals surface area contributed by atoms with Gasteiger partial charge in [-0.25, -0.2) is 4.98 Å². The molecular weight excluding hydrogens is 418 g/mol. The molecule has 0 unspecified atom stereocenters. The zero-order valence-corrected chi connectivity index (χ0v) is 17.1. The topological polar surface area (TPSA) is 68.0 Å². The van der Waals surface area contributed by atoms with E-state index < -0.39 is 0 Å². The molecule has 2 heterocycles. The molecule has 1 N–H and O–H groups in total. The number of hydrogen-bond donors (Lipinski definition) is 1. The number of aryl methyl sites for hydroxylation is 2. The molecule has 0 saturated carbocycles. The Bertz CT molecular complexity index is 1170. The molecule has 0 fully saturated rings. The third-order valence-electron chi connectivity index (χ3n) is 4.40. The maximum atomic E-state index is 12.3. The Hall–Kier alpha value is -2.99. The molecule has 4 aromatic rings. The lowest BCUT2D eigenvalue weighted by Gasteiger charge is -2.06. The molecule has 2 aromatic carbocycles. The van der Waals surface area contributed by atoms with Crippen molar-refractivity contribution in [2.24, 2.45) is 0 Å². The van der Waals surface area contributed by atoms with Crippen molar-refractivity contribution in [1.82, 2.24) is 9.97 Å². The molecule has 2 aromatic heterocycles. The van der Waals surface area contributed by atoms with E-state index in [1.165, 1.54) is 11.8 Å². The van der Waals surface area contributed by atoms with Crippen molar-refractivity contribution in [3.05, 3.63) is 87.5 Å². The van der Waals surface area contributed by atoms with Crippen LogP contribution in [0.25, 0.3) is 11.1 Å². The van der Waals surface area contributed by atoms with E-state index in [0.717, 1.165) is 32.4 Å². The molecule has 0 aliphatic carbocycles. The number of fused-ring (bicyclic) bond motifs is 1. The van der Waals surface area contributed by atoms with Gasteiger partial charge in [0.2, 0.25) is 0 Å². The van der Waals surface area contributed by atoms with E-state index in [1.807, 2.05) is 37.3 Å². The van der Waals surface area contributed by atoms with E-state index in [4.69, 9.17) is 4.42 Å². The van der Waals surface area contributed by atoms with Crippen molar-refractivity contribution >= 4 is 38.6 Å². The van der Waals surface area contributed by atoms with Crippen LogP contribution < -0.4 is 5.32 Å². The Balaban J connectivity index is 1.47. The number of carbonyl (C=O) groups excluding carboxylic acids is 1. The predicted octanol–water partition coefficient (Wildman–Crippen LogP) is 5.45. The highest BCUT2D eigenvalue weighted by Crippen LogP contribution is 2.23. The van der Waals surface area contributed by atoms with E-state index in [1.54, 1.807) is 12.3 Å². The molecular formula is C22H18BrN3O2. The van der Waals surface area contributed by atoms with Gasteiger partial charge in [0.1, 0.15) is 5.52 Å². The smallest absolute Gasteiger partial charge is 0.257 e. The summed E-state index contributed by atoms with van der Waals surface area (Å²) in [5, 5.41) is 2.87. The van der Waals surface area contributed by atoms with Crippen LogP contribution in [0.2, 0.25) is 0 Å². The number of halogens is 1. The van der Waals surface area contributed by atoms with Gasteiger partial charge in [-0.3, -0.25) is 9.78 Å². The van der Waals surface area contributed by atoms with Crippen molar-refractivity contribution in [2.75, 3.05) is 5.32 Å². The van der Waals surface area contributed by atoms with Gasteiger partial charge in [0.15, 0.2) is 11.5 Å². The summed E-state index contributed by atoms with van der Waals surface area (Å²) in [6.45, 7) is 4.08. The quantitative estimate of drug-likeness (QED) is 0.462. The molecule has 5 nitrogen and oxygen atoms in total. The Morgan fingerprint density at radius 1 is 1.11 bits per heavy atom. The number of pyridine rings is 1. The second kappa shape index (κ2) is 7.56. The average molecular weight is 436 g/mol. The summed E-state index contributed by atoms with van der Waals surface area (Å²) < 4.78 is 6.69. The van der Waals surface area contributed by atoms with Crippen LogP contribution in [0.3, 0.4) is 0 Å². The number of nitrogens with zero attached hydrogens (tertiary/aromatic N) is 2. The molecule has 0 bridgehead atoms. The van der Waals surface area contributed by atoms with Gasteiger partial charge in [-0.1, -0.05) is 18.2 Å². The van der Waals surface area contributed by atoms with Gasteiger partial charge in [0.25, 0.3) is 5.91 Å². The number of nitrogens with one attached hydrogen (secondary N) is 1. The summed E-state index contributed by atoms with van der Waals surface area (Å²) in [6, 6.07) is 13.5. The molecule has 1 amide bonds. The number of benzene rings is 2. The third kappa shape index (κ3) is 3.97. The third-order valence-corrected chi connectivity index (χ3v) is 4.83. The predicted molar refractivity (Wildman–Crippen MR) is 113 cm³/mol. The van der Waals surface area contributed by atoms with Gasteiger partial charge in [0, 0.05) is 29.0 Å². The van der Waals surface area contributed by atoms with Crippen molar-refractivity contribution in [3.63, 3.8) is 0 Å². The molecule has 0 radical (unpaired) electrons. The molecule has 0 spiro atoms. The highest BCUT2D eigenvalue weighted by Gasteiger charge is 2.11. The van der Waals surface area contributed by atoms with Crippen LogP contribution in [0.1, 0.15) is 32.9 Å². The summed E-state index contributed by atoms with van der Waals surface area (Å²) in [7, 11) is 0. The summed E-state index contributed by atoms with van der Waals surface area (Å²) in [4.78, 5) is 20.9. The van der Waals surface area contributed by atoms with Crippen molar-refractivity contribution in [1.29, 1.82) is 0 Å². The molecule has 0 saturated heterocycles. The van der Waals surface area contributed by atoms with Crippen molar-refractivity contribution < 1.29 is 9.21 Å². The zero-order chi connectivity index (χ0) is 19.7. The van der Waals surface area contributed by atoms with Gasteiger partial charge < -0.3 is 9.73 Å². The first kappa shape index (κ1) is 18.4. The standard InChI is InChI=1S/C22H18BrN3O2/c1-13-7-14(2)21-19(8-13)26-20(28-21)9-15-3-5-18(6-4-15)25-22(27)16-10-17(23)12-24-11-16/h3-8,10-12H,9H2,1-2H3,(H,25,27). The Kier molecular flexibility index (Phi) is 4.96. The Morgan fingerprint density at radius 2 is 1.89 bits per heavy atom. The van der Waals surface area contributed by atoms with Crippen LogP contribution in [0.4, 0.5) is 5.69 Å². The lowest BCUT2D eigenvalue weighted by Crippen LogP contribution is -2.12. The second-order valence-electron chi connectivity index (χ2n) is 6.76. The Labute approximate surface area is 170 Å². The summed E-state index contributed by atoms with van der Waals surface area (Å²) in [5.74, 6) is 0.479. The average Bonchev–Trinajstić information content (AvgIpc) is 3.06. The number of carbonyl (C=O) groups is 1. The monoisotopic (exact) mass is 435 g/mol. The molecule has 140 valence electrons. The highest BCUT2D eigenvalue weighted by molar-refractivity contribution is 9.10. The van der Waals surface area contributed by atoms with Gasteiger partial charge >= 0.3 is 0 Å². The second-order valence-corrected chi connectivity index (χ2v) is 7.67. The van der Waals surface area contributed by atoms with E-state index in [2.05, 4.69) is 44.2 Å². The maximum absolute atomic E-state index is 12.3. The SMILES string of the molecule is Cc1cc(C)c2oc(Cc3ccc(NC(=O)c4cncc(Br)c4)cc3)nc2c1. The van der Waals surface area contributed by atoms with Crippen molar-refractivity contribution in [3.8, 4) is 0 Å². The number of aromatic nitrogens is 2. The van der Waals surface area contributed by atoms with Crippen LogP contribution in [0.5, 0.6) is 0 Å². The van der Waals surface area contributed by atoms with Crippen LogP contribution in [-0.2, 0) is 6.42 Å². The number of anilines is 1. The van der Waals surface area contributed by atoms with E-state index >= 15 is 0 Å². The van der Waals surface area contributed by atoms with E-state index in [-0.39, 0.29) is 5.91 Å². The molecule has 28 heavy (non-hydrogen) atoms. The Morgan fingerprint density at radius 3 is 2.64 bits per heavy atom. The largest absolute Gasteiger partial charge is 0.440 e. The number of rotatable bonds is 4. The summed E-state index contributed by atoms with van der Waals surface area (Å²) in [5.41, 5.74) is 6.27. The van der Waals surface area contributed by atoms with Gasteiger partial charge in [-0.2, -0.15) is 0 Å². The lowest BCUT2D eigenvalue weighted by atomic mass is 10.1. The normalized spacial score (nSPS) is 11.0. The summed E-state index contributed by atoms with van der Waals surface area (Å²) >= 11 is 3.32. The fourth-order valence-electron chi connectivity index (χ4n) is 3.12. The van der Waals surface area contributed by atoms with Gasteiger partial charge in [0.05, 0.1) is 5.56 Å². The minimum atomic E-state index is -0.202. The van der Waals surface area contributed by atoms with E-state index in [0.29, 0.717) is 17.9 Å². The first-order valence-corrected chi connectivity index (χ1v) is 9.65. The molecule has 0 aliphatic rings. The first-order valence-electron chi connectivity index (χ1n) is 8.85. The molecule has 0 aliphatic heterocycles.